The van der Waals surface area contributed by atoms with Crippen LogP contribution in [0.1, 0.15) is 20.8 Å². The van der Waals surface area contributed by atoms with E-state index in [1.165, 1.54) is 0 Å². The van der Waals surface area contributed by atoms with Gasteiger partial charge in [0.2, 0.25) is 5.91 Å². The minimum absolute atomic E-state index is 0.282. The van der Waals surface area contributed by atoms with E-state index in [0.29, 0.717) is 0 Å². The molecule has 1 heterocycles. The van der Waals surface area contributed by atoms with E-state index in [9.17, 15) is 14.7 Å². The standard InChI is InChI=1S/C12H23N3O4/c1-11(2,15-6-4-13-5-7-15)9(16)14-8-12(3,19)10(17)18/h13,19H,4-8H2,1-3H3,(H,14,16)(H,17,18). The molecule has 1 aliphatic heterocycles. The van der Waals surface area contributed by atoms with E-state index in [1.807, 2.05) is 4.90 Å². The molecule has 0 saturated carbocycles. The third kappa shape index (κ3) is 3.89. The summed E-state index contributed by atoms with van der Waals surface area (Å²) in [6, 6.07) is 0. The first-order valence-electron chi connectivity index (χ1n) is 6.38. The lowest BCUT2D eigenvalue weighted by atomic mass is 9.99. The number of amides is 1. The van der Waals surface area contributed by atoms with Crippen LogP contribution in [0.15, 0.2) is 0 Å². The molecule has 1 rings (SSSR count). The Balaban J connectivity index is 2.58. The molecule has 0 bridgehead atoms. The van der Waals surface area contributed by atoms with Crippen molar-refractivity contribution in [1.82, 2.24) is 15.5 Å². The number of rotatable bonds is 5. The number of nitrogens with zero attached hydrogens (tertiary/aromatic N) is 1. The van der Waals surface area contributed by atoms with E-state index in [0.717, 1.165) is 33.1 Å². The van der Waals surface area contributed by atoms with Crippen LogP contribution in [0.5, 0.6) is 0 Å². The molecule has 1 saturated heterocycles. The zero-order chi connectivity index (χ0) is 14.7. The summed E-state index contributed by atoms with van der Waals surface area (Å²) in [6.45, 7) is 7.61. The van der Waals surface area contributed by atoms with Crippen LogP contribution < -0.4 is 10.6 Å². The second-order valence-electron chi connectivity index (χ2n) is 5.56. The molecule has 7 heteroatoms. The van der Waals surface area contributed by atoms with E-state index in [1.54, 1.807) is 13.8 Å². The lowest BCUT2D eigenvalue weighted by molar-refractivity contribution is -0.156. The lowest BCUT2D eigenvalue weighted by Crippen LogP contribution is -2.61. The van der Waals surface area contributed by atoms with Gasteiger partial charge in [-0.15, -0.1) is 0 Å². The van der Waals surface area contributed by atoms with Gasteiger partial charge in [-0.05, 0) is 20.8 Å². The molecule has 1 unspecified atom stereocenters. The smallest absolute Gasteiger partial charge is 0.337 e. The number of carbonyl (C=O) groups is 2. The molecule has 1 aliphatic rings. The molecule has 0 aliphatic carbocycles. The van der Waals surface area contributed by atoms with E-state index in [-0.39, 0.29) is 12.5 Å². The maximum atomic E-state index is 12.2. The molecule has 110 valence electrons. The summed E-state index contributed by atoms with van der Waals surface area (Å²) in [6.07, 6.45) is 0. The second-order valence-corrected chi connectivity index (χ2v) is 5.56. The number of hydrogen-bond donors (Lipinski definition) is 4. The summed E-state index contributed by atoms with van der Waals surface area (Å²) < 4.78 is 0. The van der Waals surface area contributed by atoms with E-state index >= 15 is 0 Å². The van der Waals surface area contributed by atoms with Gasteiger partial charge in [0.15, 0.2) is 5.60 Å². The average Bonchev–Trinajstić information content (AvgIpc) is 2.36. The zero-order valence-electron chi connectivity index (χ0n) is 11.7. The van der Waals surface area contributed by atoms with Gasteiger partial charge in [-0.3, -0.25) is 9.69 Å². The molecule has 1 fully saturated rings. The van der Waals surface area contributed by atoms with Gasteiger partial charge >= 0.3 is 5.97 Å². The van der Waals surface area contributed by atoms with Crippen molar-refractivity contribution in [3.05, 3.63) is 0 Å². The predicted octanol–water partition coefficient (Wildman–Crippen LogP) is -1.38. The predicted molar refractivity (Wildman–Crippen MR) is 69.8 cm³/mol. The Bertz CT molecular complexity index is 349. The van der Waals surface area contributed by atoms with Gasteiger partial charge in [0.25, 0.3) is 0 Å². The fourth-order valence-electron chi connectivity index (χ4n) is 1.91. The Morgan fingerprint density at radius 2 is 1.79 bits per heavy atom. The van der Waals surface area contributed by atoms with E-state index < -0.39 is 17.1 Å². The van der Waals surface area contributed by atoms with E-state index in [4.69, 9.17) is 5.11 Å². The maximum Gasteiger partial charge on any atom is 0.337 e. The first-order chi connectivity index (χ1) is 8.68. The molecule has 0 radical (unpaired) electrons. The molecule has 1 atom stereocenters. The van der Waals surface area contributed by atoms with Crippen LogP contribution in [-0.2, 0) is 9.59 Å². The fraction of sp³-hybridized carbons (Fsp3) is 0.833. The average molecular weight is 273 g/mol. The summed E-state index contributed by atoms with van der Waals surface area (Å²) in [5.41, 5.74) is -2.67. The van der Waals surface area contributed by atoms with Crippen LogP contribution in [0, 0.1) is 0 Å². The quantitative estimate of drug-likeness (QED) is 0.492. The minimum Gasteiger partial charge on any atom is -0.479 e. The fourth-order valence-corrected chi connectivity index (χ4v) is 1.91. The minimum atomic E-state index is -1.95. The number of aliphatic carboxylic acids is 1. The molecular weight excluding hydrogens is 250 g/mol. The topological polar surface area (TPSA) is 102 Å². The molecular formula is C12H23N3O4. The Kier molecular flexibility index (Phi) is 4.89. The molecule has 0 aromatic carbocycles. The number of carbonyl (C=O) groups excluding carboxylic acids is 1. The molecule has 19 heavy (non-hydrogen) atoms. The molecule has 7 nitrogen and oxygen atoms in total. The van der Waals surface area contributed by atoms with Gasteiger partial charge in [-0.2, -0.15) is 0 Å². The largest absolute Gasteiger partial charge is 0.479 e. The number of aliphatic hydroxyl groups is 1. The molecule has 0 aromatic heterocycles. The van der Waals surface area contributed by atoms with Crippen molar-refractivity contribution in [2.24, 2.45) is 0 Å². The highest BCUT2D eigenvalue weighted by Crippen LogP contribution is 2.15. The van der Waals surface area contributed by atoms with Gasteiger partial charge < -0.3 is 20.8 Å². The van der Waals surface area contributed by atoms with Crippen molar-refractivity contribution in [3.63, 3.8) is 0 Å². The number of nitrogens with one attached hydrogen (secondary N) is 2. The highest BCUT2D eigenvalue weighted by atomic mass is 16.4. The molecule has 0 spiro atoms. The maximum absolute atomic E-state index is 12.2. The summed E-state index contributed by atoms with van der Waals surface area (Å²) in [5, 5.41) is 24.1. The monoisotopic (exact) mass is 273 g/mol. The van der Waals surface area contributed by atoms with Crippen molar-refractivity contribution in [2.45, 2.75) is 31.9 Å². The number of carboxylic acid groups (broad SMARTS) is 1. The Labute approximate surface area is 113 Å². The first-order valence-corrected chi connectivity index (χ1v) is 6.38. The van der Waals surface area contributed by atoms with Gasteiger partial charge in [-0.1, -0.05) is 0 Å². The van der Waals surface area contributed by atoms with Gasteiger partial charge in [-0.25, -0.2) is 4.79 Å². The van der Waals surface area contributed by atoms with Gasteiger partial charge in [0.1, 0.15) is 0 Å². The first kappa shape index (κ1) is 15.9. The summed E-state index contributed by atoms with van der Waals surface area (Å²) >= 11 is 0. The molecule has 4 N–H and O–H groups in total. The third-order valence-electron chi connectivity index (χ3n) is 3.52. The lowest BCUT2D eigenvalue weighted by Gasteiger charge is -2.40. The number of hydrogen-bond acceptors (Lipinski definition) is 5. The molecule has 1 amide bonds. The SMILES string of the molecule is CC(O)(CNC(=O)C(C)(C)N1CCNCC1)C(=O)O. The molecule has 0 aromatic rings. The van der Waals surface area contributed by atoms with Crippen molar-refractivity contribution in [2.75, 3.05) is 32.7 Å². The van der Waals surface area contributed by atoms with Crippen LogP contribution >= 0.6 is 0 Å². The van der Waals surface area contributed by atoms with Crippen molar-refractivity contribution >= 4 is 11.9 Å². The zero-order valence-corrected chi connectivity index (χ0v) is 11.7. The van der Waals surface area contributed by atoms with Gasteiger partial charge in [0, 0.05) is 26.2 Å². The Morgan fingerprint density at radius 3 is 2.26 bits per heavy atom. The van der Waals surface area contributed by atoms with Crippen LogP contribution in [0.2, 0.25) is 0 Å². The van der Waals surface area contributed by atoms with Crippen molar-refractivity contribution in [3.8, 4) is 0 Å². The Morgan fingerprint density at radius 1 is 1.26 bits per heavy atom. The number of piperazine rings is 1. The van der Waals surface area contributed by atoms with E-state index in [2.05, 4.69) is 10.6 Å². The normalized spacial score (nSPS) is 20.6. The summed E-state index contributed by atoms with van der Waals surface area (Å²) in [4.78, 5) is 25.0. The van der Waals surface area contributed by atoms with Crippen LogP contribution in [-0.4, -0.2) is 70.9 Å². The van der Waals surface area contributed by atoms with Gasteiger partial charge in [0.05, 0.1) is 12.1 Å². The van der Waals surface area contributed by atoms with Crippen LogP contribution in [0.4, 0.5) is 0 Å². The van der Waals surface area contributed by atoms with Crippen LogP contribution in [0.25, 0.3) is 0 Å². The van der Waals surface area contributed by atoms with Crippen molar-refractivity contribution < 1.29 is 19.8 Å². The highest BCUT2D eigenvalue weighted by Gasteiger charge is 2.37. The van der Waals surface area contributed by atoms with Crippen LogP contribution in [0.3, 0.4) is 0 Å². The second kappa shape index (κ2) is 5.85. The summed E-state index contributed by atoms with van der Waals surface area (Å²) in [7, 11) is 0. The highest BCUT2D eigenvalue weighted by molar-refractivity contribution is 5.86. The summed E-state index contributed by atoms with van der Waals surface area (Å²) in [5.74, 6) is -1.64. The number of carboxylic acids is 1. The van der Waals surface area contributed by atoms with Crippen molar-refractivity contribution in [1.29, 1.82) is 0 Å². The Hall–Kier alpha value is -1.18. The third-order valence-corrected chi connectivity index (χ3v) is 3.52.